The quantitative estimate of drug-likeness (QED) is 0.699. The Kier molecular flexibility index (Phi) is 4.37. The van der Waals surface area contributed by atoms with Crippen LogP contribution in [0.4, 0.5) is 4.39 Å². The molecular weight excluding hydrogens is 345 g/mol. The minimum absolute atomic E-state index is 0.263. The van der Waals surface area contributed by atoms with Crippen LogP contribution < -0.4 is 9.47 Å². The molecule has 25 heavy (non-hydrogen) atoms. The molecule has 0 aliphatic carbocycles. The van der Waals surface area contributed by atoms with E-state index in [0.717, 1.165) is 16.2 Å². The van der Waals surface area contributed by atoms with Gasteiger partial charge in [-0.1, -0.05) is 12.1 Å². The number of halogens is 1. The van der Waals surface area contributed by atoms with Crippen LogP contribution in [0, 0.1) is 5.82 Å². The highest BCUT2D eigenvalue weighted by atomic mass is 32.1. The standard InChI is InChI=1S/C17H16FN3O3S/c1-22-9-14-19-17(16-15-13(10-25-16)23-6-7-24-15)21(20-14)8-11-2-4-12(18)5-3-11/h2-5,10H,6-9H2,1H3. The van der Waals surface area contributed by atoms with Gasteiger partial charge in [0.05, 0.1) is 6.54 Å². The number of ether oxygens (including phenoxy) is 3. The van der Waals surface area contributed by atoms with Crippen LogP contribution in [0.25, 0.3) is 10.7 Å². The van der Waals surface area contributed by atoms with Crippen molar-refractivity contribution >= 4 is 11.3 Å². The predicted molar refractivity (Wildman–Crippen MR) is 90.5 cm³/mol. The van der Waals surface area contributed by atoms with Crippen LogP contribution in [0.5, 0.6) is 11.5 Å². The topological polar surface area (TPSA) is 58.4 Å². The van der Waals surface area contributed by atoms with Crippen molar-refractivity contribution in [3.05, 3.63) is 46.9 Å². The second kappa shape index (κ2) is 6.81. The molecule has 3 aromatic rings. The molecule has 6 nitrogen and oxygen atoms in total. The van der Waals surface area contributed by atoms with Gasteiger partial charge in [0.15, 0.2) is 23.1 Å². The summed E-state index contributed by atoms with van der Waals surface area (Å²) in [6, 6.07) is 6.35. The third-order valence-electron chi connectivity index (χ3n) is 3.74. The lowest BCUT2D eigenvalue weighted by Gasteiger charge is -2.16. The Morgan fingerprint density at radius 1 is 1.24 bits per heavy atom. The highest BCUT2D eigenvalue weighted by Gasteiger charge is 2.24. The summed E-state index contributed by atoms with van der Waals surface area (Å²) in [7, 11) is 1.60. The zero-order valence-electron chi connectivity index (χ0n) is 13.6. The van der Waals surface area contributed by atoms with E-state index in [9.17, 15) is 4.39 Å². The van der Waals surface area contributed by atoms with Crippen molar-refractivity contribution < 1.29 is 18.6 Å². The van der Waals surface area contributed by atoms with Crippen LogP contribution in [0.1, 0.15) is 11.4 Å². The average molecular weight is 361 g/mol. The minimum atomic E-state index is -0.263. The van der Waals surface area contributed by atoms with Gasteiger partial charge in [-0.05, 0) is 17.7 Å². The largest absolute Gasteiger partial charge is 0.485 e. The highest BCUT2D eigenvalue weighted by Crippen LogP contribution is 2.45. The van der Waals surface area contributed by atoms with Crippen molar-refractivity contribution in [2.75, 3.05) is 20.3 Å². The van der Waals surface area contributed by atoms with Crippen molar-refractivity contribution in [2.45, 2.75) is 13.2 Å². The number of fused-ring (bicyclic) bond motifs is 1. The second-order valence-electron chi connectivity index (χ2n) is 5.52. The molecule has 0 N–H and O–H groups in total. The maximum atomic E-state index is 13.1. The monoisotopic (exact) mass is 361 g/mol. The van der Waals surface area contributed by atoms with Gasteiger partial charge >= 0.3 is 0 Å². The first kappa shape index (κ1) is 16.0. The second-order valence-corrected chi connectivity index (χ2v) is 6.40. The van der Waals surface area contributed by atoms with E-state index in [2.05, 4.69) is 10.1 Å². The molecule has 4 rings (SSSR count). The molecule has 0 amide bonds. The number of aromatic nitrogens is 3. The van der Waals surface area contributed by atoms with Crippen LogP contribution in [0.15, 0.2) is 29.6 Å². The first-order chi connectivity index (χ1) is 12.2. The normalized spacial score (nSPS) is 13.2. The Morgan fingerprint density at radius 2 is 2.04 bits per heavy atom. The van der Waals surface area contributed by atoms with Crippen molar-refractivity contribution in [1.29, 1.82) is 0 Å². The number of benzene rings is 1. The molecule has 2 aromatic heterocycles. The Hall–Kier alpha value is -2.45. The summed E-state index contributed by atoms with van der Waals surface area (Å²) in [4.78, 5) is 5.46. The average Bonchev–Trinajstić information content (AvgIpc) is 3.21. The van der Waals surface area contributed by atoms with Gasteiger partial charge in [0, 0.05) is 12.5 Å². The lowest BCUT2D eigenvalue weighted by atomic mass is 10.2. The molecule has 1 aliphatic heterocycles. The van der Waals surface area contributed by atoms with Crippen LogP contribution in [-0.2, 0) is 17.9 Å². The number of hydrogen-bond acceptors (Lipinski definition) is 6. The van der Waals surface area contributed by atoms with E-state index in [1.54, 1.807) is 23.9 Å². The maximum Gasteiger partial charge on any atom is 0.183 e. The van der Waals surface area contributed by atoms with Crippen molar-refractivity contribution in [2.24, 2.45) is 0 Å². The fourth-order valence-electron chi connectivity index (χ4n) is 2.64. The number of methoxy groups -OCH3 is 1. The predicted octanol–water partition coefficient (Wildman–Crippen LogP) is 3.11. The van der Waals surface area contributed by atoms with Crippen molar-refractivity contribution in [3.63, 3.8) is 0 Å². The molecule has 0 fully saturated rings. The summed E-state index contributed by atoms with van der Waals surface area (Å²) in [6.07, 6.45) is 0. The molecule has 0 bridgehead atoms. The van der Waals surface area contributed by atoms with Crippen molar-refractivity contribution in [3.8, 4) is 22.2 Å². The summed E-state index contributed by atoms with van der Waals surface area (Å²) in [5.74, 6) is 2.44. The Bertz CT molecular complexity index is 876. The van der Waals surface area contributed by atoms with Gasteiger partial charge in [-0.15, -0.1) is 11.3 Å². The van der Waals surface area contributed by atoms with Crippen LogP contribution in [0.3, 0.4) is 0 Å². The molecule has 0 saturated heterocycles. The molecule has 0 atom stereocenters. The fourth-order valence-corrected chi connectivity index (χ4v) is 3.56. The maximum absolute atomic E-state index is 13.1. The van der Waals surface area contributed by atoms with E-state index in [1.165, 1.54) is 23.5 Å². The van der Waals surface area contributed by atoms with Gasteiger partial charge in [0.1, 0.15) is 30.5 Å². The van der Waals surface area contributed by atoms with Crippen LogP contribution in [-0.4, -0.2) is 35.1 Å². The zero-order chi connectivity index (χ0) is 17.2. The minimum Gasteiger partial charge on any atom is -0.485 e. The van der Waals surface area contributed by atoms with Gasteiger partial charge in [-0.3, -0.25) is 0 Å². The lowest BCUT2D eigenvalue weighted by Crippen LogP contribution is -2.14. The Morgan fingerprint density at radius 3 is 2.84 bits per heavy atom. The summed E-state index contributed by atoms with van der Waals surface area (Å²) >= 11 is 1.50. The first-order valence-electron chi connectivity index (χ1n) is 7.79. The summed E-state index contributed by atoms with van der Waals surface area (Å²) in [5.41, 5.74) is 0.930. The summed E-state index contributed by atoms with van der Waals surface area (Å²) in [5, 5.41) is 6.43. The molecule has 1 aliphatic rings. The molecule has 1 aromatic carbocycles. The van der Waals surface area contributed by atoms with Crippen LogP contribution >= 0.6 is 11.3 Å². The number of nitrogens with zero attached hydrogens (tertiary/aromatic N) is 3. The fraction of sp³-hybridized carbons (Fsp3) is 0.294. The number of thiophene rings is 1. The van der Waals surface area contributed by atoms with E-state index >= 15 is 0 Å². The highest BCUT2D eigenvalue weighted by molar-refractivity contribution is 7.14. The molecule has 0 saturated carbocycles. The van der Waals surface area contributed by atoms with Crippen LogP contribution in [0.2, 0.25) is 0 Å². The van der Waals surface area contributed by atoms with Crippen molar-refractivity contribution in [1.82, 2.24) is 14.8 Å². The lowest BCUT2D eigenvalue weighted by molar-refractivity contribution is 0.174. The Labute approximate surface area is 147 Å². The summed E-state index contributed by atoms with van der Waals surface area (Å²) in [6.45, 7) is 1.84. The molecule has 0 radical (unpaired) electrons. The SMILES string of the molecule is COCc1nc(-c2scc3c2OCCO3)n(Cc2ccc(F)cc2)n1. The number of hydrogen-bond donors (Lipinski definition) is 0. The molecule has 0 spiro atoms. The van der Waals surface area contributed by atoms with E-state index in [-0.39, 0.29) is 5.82 Å². The van der Waals surface area contributed by atoms with Gasteiger partial charge in [-0.2, -0.15) is 5.10 Å². The van der Waals surface area contributed by atoms with E-state index in [4.69, 9.17) is 14.2 Å². The smallest absolute Gasteiger partial charge is 0.183 e. The summed E-state index contributed by atoms with van der Waals surface area (Å²) < 4.78 is 31.5. The molecular formula is C17H16FN3O3S. The number of rotatable bonds is 5. The van der Waals surface area contributed by atoms with Gasteiger partial charge in [0.2, 0.25) is 0 Å². The zero-order valence-corrected chi connectivity index (χ0v) is 14.4. The molecule has 8 heteroatoms. The van der Waals surface area contributed by atoms with E-state index in [1.807, 2.05) is 5.38 Å². The van der Waals surface area contributed by atoms with E-state index in [0.29, 0.717) is 43.8 Å². The molecule has 3 heterocycles. The van der Waals surface area contributed by atoms with E-state index < -0.39 is 0 Å². The van der Waals surface area contributed by atoms with Gasteiger partial charge in [-0.25, -0.2) is 14.1 Å². The third-order valence-corrected chi connectivity index (χ3v) is 4.67. The van der Waals surface area contributed by atoms with Gasteiger partial charge < -0.3 is 14.2 Å². The molecule has 0 unspecified atom stereocenters. The third kappa shape index (κ3) is 3.22. The molecule has 130 valence electrons. The first-order valence-corrected chi connectivity index (χ1v) is 8.67. The Balaban J connectivity index is 1.73. The van der Waals surface area contributed by atoms with Gasteiger partial charge in [0.25, 0.3) is 0 Å².